The molecule has 8 heteroatoms. The third kappa shape index (κ3) is 4.54. The number of para-hydroxylation sites is 2. The lowest BCUT2D eigenvalue weighted by molar-refractivity contribution is -0.125. The van der Waals surface area contributed by atoms with Gasteiger partial charge in [0.25, 0.3) is 10.0 Å². The maximum absolute atomic E-state index is 14.0. The van der Waals surface area contributed by atoms with E-state index in [1.165, 1.54) is 0 Å². The summed E-state index contributed by atoms with van der Waals surface area (Å²) in [6.45, 7) is 5.67. The number of rotatable bonds is 6. The van der Waals surface area contributed by atoms with Crippen molar-refractivity contribution in [2.75, 3.05) is 9.62 Å². The van der Waals surface area contributed by atoms with E-state index in [0.29, 0.717) is 22.5 Å². The van der Waals surface area contributed by atoms with Crippen molar-refractivity contribution in [2.45, 2.75) is 44.7 Å². The summed E-state index contributed by atoms with van der Waals surface area (Å²) < 4.78 is 29.2. The van der Waals surface area contributed by atoms with Crippen LogP contribution in [0, 0.1) is 20.8 Å². The van der Waals surface area contributed by atoms with Crippen molar-refractivity contribution in [3.63, 3.8) is 0 Å². The number of hydrogen-bond acceptors (Lipinski definition) is 4. The minimum absolute atomic E-state index is 0.150. The molecule has 0 spiro atoms. The van der Waals surface area contributed by atoms with E-state index < -0.39 is 27.9 Å². The molecular weight excluding hydrogens is 450 g/mol. The molecule has 0 aliphatic carbocycles. The molecule has 176 valence electrons. The van der Waals surface area contributed by atoms with Crippen LogP contribution < -0.4 is 14.9 Å². The third-order valence-electron chi connectivity index (χ3n) is 5.82. The Morgan fingerprint density at radius 2 is 1.59 bits per heavy atom. The summed E-state index contributed by atoms with van der Waals surface area (Å²) >= 11 is 0. The SMILES string of the molecule is Cc1cc(C)c(S(=O)(=O)N2c3ccccc3NC(=O)C2CC(=O)NCc2ccccc2)c(C)c1. The molecule has 34 heavy (non-hydrogen) atoms. The number of benzene rings is 3. The zero-order chi connectivity index (χ0) is 24.5. The minimum atomic E-state index is -4.16. The molecule has 0 saturated heterocycles. The Balaban J connectivity index is 1.72. The van der Waals surface area contributed by atoms with Crippen molar-refractivity contribution in [1.82, 2.24) is 5.32 Å². The number of sulfonamides is 1. The molecule has 1 aliphatic heterocycles. The fourth-order valence-corrected chi connectivity index (χ4v) is 6.50. The molecule has 3 aromatic rings. The zero-order valence-corrected chi connectivity index (χ0v) is 20.1. The highest BCUT2D eigenvalue weighted by Crippen LogP contribution is 2.38. The second kappa shape index (κ2) is 9.30. The van der Waals surface area contributed by atoms with Crippen LogP contribution in [0.3, 0.4) is 0 Å². The molecule has 0 saturated carbocycles. The minimum Gasteiger partial charge on any atom is -0.352 e. The van der Waals surface area contributed by atoms with Gasteiger partial charge >= 0.3 is 0 Å². The summed E-state index contributed by atoms with van der Waals surface area (Å²) in [5.74, 6) is -0.958. The van der Waals surface area contributed by atoms with Gasteiger partial charge in [0, 0.05) is 6.54 Å². The van der Waals surface area contributed by atoms with E-state index in [-0.39, 0.29) is 17.9 Å². The Labute approximate surface area is 199 Å². The summed E-state index contributed by atoms with van der Waals surface area (Å²) in [5, 5.41) is 5.55. The fraction of sp³-hybridized carbons (Fsp3) is 0.231. The predicted molar refractivity (Wildman–Crippen MR) is 132 cm³/mol. The zero-order valence-electron chi connectivity index (χ0n) is 19.3. The lowest BCUT2D eigenvalue weighted by Gasteiger charge is -2.37. The van der Waals surface area contributed by atoms with E-state index >= 15 is 0 Å². The van der Waals surface area contributed by atoms with E-state index in [0.717, 1.165) is 15.4 Å². The molecular formula is C26H27N3O4S. The van der Waals surface area contributed by atoms with Gasteiger partial charge < -0.3 is 10.6 Å². The molecule has 0 radical (unpaired) electrons. The van der Waals surface area contributed by atoms with Crippen LogP contribution >= 0.6 is 0 Å². The van der Waals surface area contributed by atoms with Crippen LogP contribution in [-0.4, -0.2) is 26.3 Å². The first-order chi connectivity index (χ1) is 16.2. The Bertz CT molecular complexity index is 1330. The van der Waals surface area contributed by atoms with Gasteiger partial charge in [-0.05, 0) is 49.6 Å². The number of nitrogens with zero attached hydrogens (tertiary/aromatic N) is 1. The third-order valence-corrected chi connectivity index (χ3v) is 7.95. The maximum atomic E-state index is 14.0. The summed E-state index contributed by atoms with van der Waals surface area (Å²) in [4.78, 5) is 26.0. The first kappa shape index (κ1) is 23.5. The Morgan fingerprint density at radius 1 is 0.971 bits per heavy atom. The van der Waals surface area contributed by atoms with Crippen LogP contribution in [0.4, 0.5) is 11.4 Å². The van der Waals surface area contributed by atoms with Crippen molar-refractivity contribution in [3.05, 3.63) is 89.0 Å². The molecule has 1 atom stereocenters. The normalized spacial score (nSPS) is 15.4. The number of aryl methyl sites for hydroxylation is 3. The molecule has 7 nitrogen and oxygen atoms in total. The number of nitrogens with one attached hydrogen (secondary N) is 2. The van der Waals surface area contributed by atoms with Gasteiger partial charge in [-0.25, -0.2) is 8.42 Å². The van der Waals surface area contributed by atoms with Gasteiger partial charge in [-0.1, -0.05) is 60.2 Å². The van der Waals surface area contributed by atoms with E-state index in [4.69, 9.17) is 0 Å². The average Bonchev–Trinajstić information content (AvgIpc) is 2.77. The number of carbonyl (C=O) groups excluding carboxylic acids is 2. The van der Waals surface area contributed by atoms with Crippen molar-refractivity contribution < 1.29 is 18.0 Å². The highest BCUT2D eigenvalue weighted by Gasteiger charge is 2.42. The number of anilines is 2. The first-order valence-corrected chi connectivity index (χ1v) is 12.5. The fourth-order valence-electron chi connectivity index (χ4n) is 4.45. The molecule has 4 rings (SSSR count). The van der Waals surface area contributed by atoms with E-state index in [2.05, 4.69) is 10.6 Å². The highest BCUT2D eigenvalue weighted by molar-refractivity contribution is 7.93. The average molecular weight is 478 g/mol. The lowest BCUT2D eigenvalue weighted by atomic mass is 10.1. The van der Waals surface area contributed by atoms with Crippen LogP contribution in [0.1, 0.15) is 28.7 Å². The van der Waals surface area contributed by atoms with Crippen molar-refractivity contribution in [1.29, 1.82) is 0 Å². The molecule has 0 aromatic heterocycles. The van der Waals surface area contributed by atoms with Crippen molar-refractivity contribution >= 4 is 33.2 Å². The largest absolute Gasteiger partial charge is 0.352 e. The highest BCUT2D eigenvalue weighted by atomic mass is 32.2. The molecule has 3 aromatic carbocycles. The predicted octanol–water partition coefficient (Wildman–Crippen LogP) is 3.83. The molecule has 1 aliphatic rings. The monoisotopic (exact) mass is 477 g/mol. The van der Waals surface area contributed by atoms with Crippen molar-refractivity contribution in [3.8, 4) is 0 Å². The quantitative estimate of drug-likeness (QED) is 0.564. The standard InChI is InChI=1S/C26H27N3O4S/c1-17-13-18(2)25(19(3)14-17)34(32,33)29-22-12-8-7-11-21(22)28-26(31)23(29)15-24(30)27-16-20-9-5-4-6-10-20/h4-14,23H,15-16H2,1-3H3,(H,27,30)(H,28,31). The molecule has 0 bridgehead atoms. The number of hydrogen-bond donors (Lipinski definition) is 2. The number of amides is 2. The first-order valence-electron chi connectivity index (χ1n) is 11.0. The van der Waals surface area contributed by atoms with Crippen LogP contribution in [0.2, 0.25) is 0 Å². The van der Waals surface area contributed by atoms with Crippen LogP contribution in [0.15, 0.2) is 71.6 Å². The number of carbonyl (C=O) groups is 2. The van der Waals surface area contributed by atoms with Gasteiger partial charge in [-0.15, -0.1) is 0 Å². The molecule has 1 unspecified atom stereocenters. The Morgan fingerprint density at radius 3 is 2.26 bits per heavy atom. The Hall–Kier alpha value is -3.65. The van der Waals surface area contributed by atoms with Gasteiger partial charge in [-0.3, -0.25) is 13.9 Å². The molecule has 1 heterocycles. The summed E-state index contributed by atoms with van der Waals surface area (Å²) in [6.07, 6.45) is -0.309. The number of fused-ring (bicyclic) bond motifs is 1. The summed E-state index contributed by atoms with van der Waals surface area (Å²) in [6, 6.07) is 18.5. The Kier molecular flexibility index (Phi) is 6.43. The maximum Gasteiger partial charge on any atom is 0.265 e. The van der Waals surface area contributed by atoms with Gasteiger partial charge in [0.15, 0.2) is 0 Å². The summed E-state index contributed by atoms with van der Waals surface area (Å²) in [7, 11) is -4.16. The van der Waals surface area contributed by atoms with Crippen molar-refractivity contribution in [2.24, 2.45) is 0 Å². The van der Waals surface area contributed by atoms with E-state index in [1.807, 2.05) is 37.3 Å². The second-order valence-corrected chi connectivity index (χ2v) is 10.3. The van der Waals surface area contributed by atoms with Crippen LogP contribution in [0.25, 0.3) is 0 Å². The molecule has 2 N–H and O–H groups in total. The van der Waals surface area contributed by atoms with E-state index in [9.17, 15) is 18.0 Å². The van der Waals surface area contributed by atoms with Crippen LogP contribution in [0.5, 0.6) is 0 Å². The summed E-state index contributed by atoms with van der Waals surface area (Å²) in [5.41, 5.74) is 3.76. The topological polar surface area (TPSA) is 95.6 Å². The van der Waals surface area contributed by atoms with Gasteiger partial charge in [-0.2, -0.15) is 0 Å². The second-order valence-electron chi connectivity index (χ2n) is 8.52. The molecule has 2 amide bonds. The molecule has 0 fully saturated rings. The van der Waals surface area contributed by atoms with Gasteiger partial charge in [0.2, 0.25) is 11.8 Å². The van der Waals surface area contributed by atoms with Gasteiger partial charge in [0.05, 0.1) is 22.7 Å². The van der Waals surface area contributed by atoms with Gasteiger partial charge in [0.1, 0.15) is 6.04 Å². The smallest absolute Gasteiger partial charge is 0.265 e. The van der Waals surface area contributed by atoms with Crippen LogP contribution in [-0.2, 0) is 26.2 Å². The lowest BCUT2D eigenvalue weighted by Crippen LogP contribution is -2.53. The van der Waals surface area contributed by atoms with E-state index in [1.54, 1.807) is 50.2 Å².